The van der Waals surface area contributed by atoms with Gasteiger partial charge in [0.15, 0.2) is 24.8 Å². The van der Waals surface area contributed by atoms with Crippen molar-refractivity contribution >= 4 is 78.0 Å². The Morgan fingerprint density at radius 2 is 0.903 bits per heavy atom. The zero-order valence-corrected chi connectivity index (χ0v) is 41.4. The summed E-state index contributed by atoms with van der Waals surface area (Å²) in [6.45, 7) is 9.46. The van der Waals surface area contributed by atoms with Gasteiger partial charge in [-0.1, -0.05) is 49.2 Å². The fourth-order valence-electron chi connectivity index (χ4n) is 6.63. The van der Waals surface area contributed by atoms with E-state index in [-0.39, 0.29) is 38.5 Å². The van der Waals surface area contributed by atoms with Crippen molar-refractivity contribution in [2.24, 2.45) is 0 Å². The Hall–Kier alpha value is -8.30. The number of amides is 4. The number of anilines is 6. The third-order valence-corrected chi connectivity index (χ3v) is 12.0. The summed E-state index contributed by atoms with van der Waals surface area (Å²) in [5, 5.41) is 11.2. The standard InChI is InChI=1S/C38H38N8O4.2C7H8O3S/c1-3-17-45-19-5-7-29(23-45)42-37(49)27-13-16-34(33(40)21-27)44-36(48)26-11-9-25(10-12-26)35(47)41-28-14-15-31(32(39)22-28)38(50)43-30-8-6-20-46(24-30)18-4-2;2*1-6-2-4-7(5-3-6)11(8,9)10/h5-16,19-24H,3-4,17-18H2,1-2H3,(H6-2,39,40,41,42,43,44,47,48,49,50);2*2-5H,1H3,(H,8,9,10). The number of carbonyl (C=O) groups excluding carboxylic acids is 4. The number of aryl methyl sites for hydroxylation is 4. The van der Waals surface area contributed by atoms with Crippen LogP contribution >= 0.6 is 0 Å². The molecule has 0 spiro atoms. The van der Waals surface area contributed by atoms with Crippen LogP contribution in [0, 0.1) is 13.8 Å². The smallest absolute Gasteiger partial charge is 0.257 e. The highest BCUT2D eigenvalue weighted by atomic mass is 32.2. The predicted octanol–water partition coefficient (Wildman–Crippen LogP) is 7.05. The lowest BCUT2D eigenvalue weighted by atomic mass is 10.1. The number of rotatable bonds is 14. The summed E-state index contributed by atoms with van der Waals surface area (Å²) in [6, 6.07) is 34.3. The molecule has 0 aliphatic heterocycles. The van der Waals surface area contributed by atoms with Gasteiger partial charge in [0.1, 0.15) is 44.7 Å². The second-order valence-corrected chi connectivity index (χ2v) is 19.0. The van der Waals surface area contributed by atoms with Gasteiger partial charge >= 0.3 is 0 Å². The normalized spacial score (nSPS) is 10.9. The number of aromatic nitrogens is 2. The monoisotopic (exact) mass is 1010 g/mol. The second-order valence-electron chi connectivity index (χ2n) is 16.2. The van der Waals surface area contributed by atoms with Gasteiger partial charge in [0.25, 0.3) is 23.6 Å². The molecule has 0 atom stereocenters. The van der Waals surface area contributed by atoms with Crippen molar-refractivity contribution in [1.29, 1.82) is 0 Å². The van der Waals surface area contributed by atoms with Crippen molar-refractivity contribution < 1.29 is 54.3 Å². The first-order chi connectivity index (χ1) is 34.1. The molecule has 374 valence electrons. The van der Waals surface area contributed by atoms with E-state index in [1.807, 2.05) is 59.9 Å². The van der Waals surface area contributed by atoms with Crippen molar-refractivity contribution in [2.45, 2.75) is 63.4 Å². The zero-order valence-electron chi connectivity index (χ0n) is 39.8. The average Bonchev–Trinajstić information content (AvgIpc) is 3.33. The predicted molar refractivity (Wildman–Crippen MR) is 272 cm³/mol. The average molecular weight is 1020 g/mol. The molecule has 2 heterocycles. The molecule has 0 aliphatic carbocycles. The Bertz CT molecular complexity index is 3210. The molecule has 0 aliphatic rings. The number of carbonyl (C=O) groups is 4. The number of pyridine rings is 2. The summed E-state index contributed by atoms with van der Waals surface area (Å²) in [5.41, 5.74) is 17.9. The van der Waals surface area contributed by atoms with E-state index >= 15 is 0 Å². The highest BCUT2D eigenvalue weighted by Gasteiger charge is 2.16. The molecule has 2 aromatic heterocycles. The first-order valence-corrected chi connectivity index (χ1v) is 25.1. The van der Waals surface area contributed by atoms with Gasteiger partial charge in [-0.25, -0.2) is 26.0 Å². The fourth-order valence-corrected chi connectivity index (χ4v) is 7.57. The number of nitrogens with zero attached hydrogens (tertiary/aromatic N) is 2. The van der Waals surface area contributed by atoms with Gasteiger partial charge in [-0.2, -0.15) is 0 Å². The van der Waals surface area contributed by atoms with Crippen LogP contribution in [0.5, 0.6) is 0 Å². The van der Waals surface area contributed by atoms with Gasteiger partial charge in [-0.05, 0) is 111 Å². The number of nitrogens with one attached hydrogen (secondary N) is 4. The van der Waals surface area contributed by atoms with E-state index < -0.39 is 32.1 Å². The highest BCUT2D eigenvalue weighted by molar-refractivity contribution is 7.86. The number of benzene rings is 5. The van der Waals surface area contributed by atoms with E-state index in [1.165, 1.54) is 60.7 Å². The van der Waals surface area contributed by atoms with Gasteiger partial charge in [-0.15, -0.1) is 0 Å². The number of nitrogen functional groups attached to an aromatic ring is 2. The maximum absolute atomic E-state index is 13.0. The Balaban J connectivity index is 0.000000357. The minimum absolute atomic E-state index is 0.178. The first kappa shape index (κ1) is 54.6. The molecule has 5 aromatic carbocycles. The van der Waals surface area contributed by atoms with Crippen molar-refractivity contribution in [3.8, 4) is 0 Å². The Morgan fingerprint density at radius 3 is 1.33 bits per heavy atom. The third-order valence-electron chi connectivity index (χ3n) is 10.3. The lowest BCUT2D eigenvalue weighted by Gasteiger charge is -2.11. The van der Waals surface area contributed by atoms with Crippen LogP contribution in [0.1, 0.15) is 79.2 Å². The fraction of sp³-hybridized carbons (Fsp3) is 0.154. The molecule has 7 aromatic rings. The molecule has 72 heavy (non-hydrogen) atoms. The number of nitrogens with two attached hydrogens (primary N) is 2. The molecule has 0 unspecified atom stereocenters. The molecule has 4 amide bonds. The van der Waals surface area contributed by atoms with Crippen LogP contribution in [-0.4, -0.2) is 49.6 Å². The molecule has 0 saturated carbocycles. The van der Waals surface area contributed by atoms with Crippen LogP contribution in [0.4, 0.5) is 34.1 Å². The van der Waals surface area contributed by atoms with Gasteiger partial charge in [0.2, 0.25) is 0 Å². The number of hydrogen-bond donors (Lipinski definition) is 6. The van der Waals surface area contributed by atoms with Gasteiger partial charge < -0.3 is 41.8 Å². The largest absolute Gasteiger partial charge is 0.744 e. The third kappa shape index (κ3) is 16.4. The lowest BCUT2D eigenvalue weighted by Crippen LogP contribution is -2.33. The van der Waals surface area contributed by atoms with Crippen LogP contribution in [0.3, 0.4) is 0 Å². The molecule has 20 heteroatoms. The Morgan fingerprint density at radius 1 is 0.486 bits per heavy atom. The van der Waals surface area contributed by atoms with Gasteiger partial charge in [0, 0.05) is 53.0 Å². The summed E-state index contributed by atoms with van der Waals surface area (Å²) in [5.74, 6) is -1.56. The molecular weight excluding hydrogens is 961 g/mol. The SMILES string of the molecule is CCC[n+]1cccc(NC(=O)c2ccc(NC(=O)c3ccc(C(=O)Nc4ccc(C(=O)Nc5ccc[n+](CCC)c5)c(N)c4)cc3)c(N)c2)c1.Cc1ccc(S(=O)(=O)[O-])cc1.Cc1ccc(S(=O)(=O)[O-])cc1. The lowest BCUT2D eigenvalue weighted by molar-refractivity contribution is -0.696. The van der Waals surface area contributed by atoms with Crippen molar-refractivity contribution in [1.82, 2.24) is 0 Å². The summed E-state index contributed by atoms with van der Waals surface area (Å²) in [6.07, 6.45) is 9.51. The summed E-state index contributed by atoms with van der Waals surface area (Å²) in [4.78, 5) is 51.3. The van der Waals surface area contributed by atoms with E-state index in [0.29, 0.717) is 39.4 Å². The topological polar surface area (TPSA) is 291 Å². The molecular formula is C52H54N8O10S2. The van der Waals surface area contributed by atoms with Crippen molar-refractivity contribution in [3.05, 3.63) is 192 Å². The first-order valence-electron chi connectivity index (χ1n) is 22.3. The van der Waals surface area contributed by atoms with Crippen LogP contribution in [0.2, 0.25) is 0 Å². The van der Waals surface area contributed by atoms with Crippen LogP contribution in [0.25, 0.3) is 0 Å². The van der Waals surface area contributed by atoms with Crippen LogP contribution < -0.4 is 41.9 Å². The summed E-state index contributed by atoms with van der Waals surface area (Å²) < 4.78 is 66.3. The van der Waals surface area contributed by atoms with Crippen LogP contribution in [-0.2, 0) is 33.3 Å². The minimum atomic E-state index is -4.27. The van der Waals surface area contributed by atoms with Crippen molar-refractivity contribution in [2.75, 3.05) is 32.7 Å². The van der Waals surface area contributed by atoms with E-state index in [4.69, 9.17) is 11.5 Å². The Kier molecular flexibility index (Phi) is 19.0. The van der Waals surface area contributed by atoms with E-state index in [1.54, 1.807) is 60.7 Å². The molecule has 0 radical (unpaired) electrons. The van der Waals surface area contributed by atoms with Gasteiger partial charge in [-0.3, -0.25) is 19.2 Å². The molecule has 0 bridgehead atoms. The Labute approximate surface area is 418 Å². The van der Waals surface area contributed by atoms with Crippen LogP contribution in [0.15, 0.2) is 168 Å². The summed E-state index contributed by atoms with van der Waals surface area (Å²) in [7, 11) is -8.54. The van der Waals surface area contributed by atoms with Gasteiger partial charge in [0.05, 0.1) is 26.7 Å². The van der Waals surface area contributed by atoms with E-state index in [0.717, 1.165) is 37.1 Å². The zero-order chi connectivity index (χ0) is 52.6. The molecule has 0 fully saturated rings. The maximum atomic E-state index is 13.0. The molecule has 7 rings (SSSR count). The maximum Gasteiger partial charge on any atom is 0.257 e. The second kappa shape index (κ2) is 25.0. The molecule has 18 nitrogen and oxygen atoms in total. The highest BCUT2D eigenvalue weighted by Crippen LogP contribution is 2.23. The van der Waals surface area contributed by atoms with E-state index in [2.05, 4.69) is 35.1 Å². The minimum Gasteiger partial charge on any atom is -0.744 e. The molecule has 8 N–H and O–H groups in total. The summed E-state index contributed by atoms with van der Waals surface area (Å²) >= 11 is 0. The molecule has 0 saturated heterocycles. The number of hydrogen-bond acceptors (Lipinski definition) is 12. The van der Waals surface area contributed by atoms with Crippen molar-refractivity contribution in [3.63, 3.8) is 0 Å². The van der Waals surface area contributed by atoms with E-state index in [9.17, 15) is 45.1 Å². The quantitative estimate of drug-likeness (QED) is 0.0363.